The Morgan fingerprint density at radius 1 is 0.889 bits per heavy atom. The SMILES string of the molecule is CC(C)Oc1cccc(NC(=O)/C(=C/c2ccccc2)c2ccccc2)c1. The first-order chi connectivity index (χ1) is 13.1. The zero-order chi connectivity index (χ0) is 19.1. The second-order valence-electron chi connectivity index (χ2n) is 6.48. The van der Waals surface area contributed by atoms with Crippen molar-refractivity contribution in [2.24, 2.45) is 0 Å². The maximum Gasteiger partial charge on any atom is 0.256 e. The van der Waals surface area contributed by atoms with E-state index in [4.69, 9.17) is 4.74 Å². The number of hydrogen-bond donors (Lipinski definition) is 1. The molecular formula is C24H23NO2. The molecule has 136 valence electrons. The van der Waals surface area contributed by atoms with Crippen molar-refractivity contribution in [1.82, 2.24) is 0 Å². The molecule has 0 unspecified atom stereocenters. The Morgan fingerprint density at radius 3 is 2.22 bits per heavy atom. The van der Waals surface area contributed by atoms with E-state index < -0.39 is 0 Å². The minimum Gasteiger partial charge on any atom is -0.491 e. The third kappa shape index (κ3) is 5.32. The molecule has 0 radical (unpaired) electrons. The minimum atomic E-state index is -0.160. The molecule has 3 aromatic carbocycles. The van der Waals surface area contributed by atoms with Crippen LogP contribution < -0.4 is 10.1 Å². The van der Waals surface area contributed by atoms with Crippen LogP contribution in [0.5, 0.6) is 5.75 Å². The first-order valence-corrected chi connectivity index (χ1v) is 9.02. The molecule has 0 atom stereocenters. The lowest BCUT2D eigenvalue weighted by atomic mass is 10.0. The number of hydrogen-bond acceptors (Lipinski definition) is 2. The Labute approximate surface area is 160 Å². The van der Waals surface area contributed by atoms with Gasteiger partial charge in [0.2, 0.25) is 0 Å². The molecule has 3 aromatic rings. The summed E-state index contributed by atoms with van der Waals surface area (Å²) in [5, 5.41) is 2.99. The van der Waals surface area contributed by atoms with Crippen LogP contribution in [0.25, 0.3) is 11.6 Å². The van der Waals surface area contributed by atoms with Crippen LogP contribution in [0.15, 0.2) is 84.9 Å². The molecule has 0 aliphatic rings. The van der Waals surface area contributed by atoms with Gasteiger partial charge in [0.05, 0.1) is 6.10 Å². The largest absolute Gasteiger partial charge is 0.491 e. The molecule has 0 aliphatic carbocycles. The van der Waals surface area contributed by atoms with Gasteiger partial charge in [-0.3, -0.25) is 4.79 Å². The standard InChI is InChI=1S/C24H23NO2/c1-18(2)27-22-15-9-14-21(17-22)25-24(26)23(20-12-7-4-8-13-20)16-19-10-5-3-6-11-19/h3-18H,1-2H3,(H,25,26)/b23-16+. The van der Waals surface area contributed by atoms with E-state index in [9.17, 15) is 4.79 Å². The highest BCUT2D eigenvalue weighted by Crippen LogP contribution is 2.23. The molecule has 3 rings (SSSR count). The normalized spacial score (nSPS) is 11.3. The monoisotopic (exact) mass is 357 g/mol. The van der Waals surface area contributed by atoms with Crippen molar-refractivity contribution in [3.05, 3.63) is 96.1 Å². The number of carbonyl (C=O) groups excluding carboxylic acids is 1. The van der Waals surface area contributed by atoms with Crippen molar-refractivity contribution in [2.45, 2.75) is 20.0 Å². The summed E-state index contributed by atoms with van der Waals surface area (Å²) in [6, 6.07) is 27.0. The first kappa shape index (κ1) is 18.5. The fourth-order valence-electron chi connectivity index (χ4n) is 2.73. The minimum absolute atomic E-state index is 0.0776. The van der Waals surface area contributed by atoms with Crippen LogP contribution in [0, 0.1) is 0 Å². The van der Waals surface area contributed by atoms with Crippen molar-refractivity contribution in [3.63, 3.8) is 0 Å². The molecule has 0 saturated carbocycles. The summed E-state index contributed by atoms with van der Waals surface area (Å²) < 4.78 is 5.71. The number of amides is 1. The van der Waals surface area contributed by atoms with E-state index in [0.29, 0.717) is 11.3 Å². The van der Waals surface area contributed by atoms with Crippen molar-refractivity contribution >= 4 is 23.2 Å². The lowest BCUT2D eigenvalue weighted by Gasteiger charge is -2.13. The van der Waals surface area contributed by atoms with Gasteiger partial charge < -0.3 is 10.1 Å². The van der Waals surface area contributed by atoms with Crippen LogP contribution >= 0.6 is 0 Å². The van der Waals surface area contributed by atoms with Crippen molar-refractivity contribution in [2.75, 3.05) is 5.32 Å². The Morgan fingerprint density at radius 2 is 1.56 bits per heavy atom. The van der Waals surface area contributed by atoms with E-state index >= 15 is 0 Å². The van der Waals surface area contributed by atoms with Gasteiger partial charge in [0, 0.05) is 17.3 Å². The predicted molar refractivity (Wildman–Crippen MR) is 112 cm³/mol. The average molecular weight is 357 g/mol. The highest BCUT2D eigenvalue weighted by atomic mass is 16.5. The molecule has 27 heavy (non-hydrogen) atoms. The second-order valence-corrected chi connectivity index (χ2v) is 6.48. The number of benzene rings is 3. The number of carbonyl (C=O) groups is 1. The Kier molecular flexibility index (Phi) is 6.06. The van der Waals surface area contributed by atoms with Crippen LogP contribution in [0.1, 0.15) is 25.0 Å². The zero-order valence-electron chi connectivity index (χ0n) is 15.6. The molecule has 0 bridgehead atoms. The fraction of sp³-hybridized carbons (Fsp3) is 0.125. The molecule has 1 amide bonds. The Hall–Kier alpha value is -3.33. The highest BCUT2D eigenvalue weighted by Gasteiger charge is 2.13. The smallest absolute Gasteiger partial charge is 0.256 e. The fourth-order valence-corrected chi connectivity index (χ4v) is 2.73. The summed E-state index contributed by atoms with van der Waals surface area (Å²) in [6.45, 7) is 3.95. The van der Waals surface area contributed by atoms with E-state index in [1.807, 2.05) is 105 Å². The quantitative estimate of drug-likeness (QED) is 0.457. The maximum absolute atomic E-state index is 13.0. The molecule has 3 heteroatoms. The average Bonchev–Trinajstić information content (AvgIpc) is 2.67. The number of rotatable bonds is 6. The van der Waals surface area contributed by atoms with Gasteiger partial charge in [-0.15, -0.1) is 0 Å². The molecule has 0 aliphatic heterocycles. The molecular weight excluding hydrogens is 334 g/mol. The topological polar surface area (TPSA) is 38.3 Å². The van der Waals surface area contributed by atoms with Gasteiger partial charge >= 0.3 is 0 Å². The summed E-state index contributed by atoms with van der Waals surface area (Å²) in [4.78, 5) is 13.0. The van der Waals surface area contributed by atoms with Crippen LogP contribution in [0.3, 0.4) is 0 Å². The van der Waals surface area contributed by atoms with Crippen LogP contribution in [0.2, 0.25) is 0 Å². The van der Waals surface area contributed by atoms with Gasteiger partial charge in [0.25, 0.3) is 5.91 Å². The molecule has 0 aromatic heterocycles. The molecule has 0 saturated heterocycles. The summed E-state index contributed by atoms with van der Waals surface area (Å²) in [6.07, 6.45) is 1.98. The molecule has 3 nitrogen and oxygen atoms in total. The number of ether oxygens (including phenoxy) is 1. The van der Waals surface area contributed by atoms with Gasteiger partial charge in [-0.1, -0.05) is 66.7 Å². The van der Waals surface area contributed by atoms with Crippen molar-refractivity contribution in [1.29, 1.82) is 0 Å². The van der Waals surface area contributed by atoms with E-state index in [0.717, 1.165) is 16.9 Å². The van der Waals surface area contributed by atoms with E-state index in [1.54, 1.807) is 0 Å². The highest BCUT2D eigenvalue weighted by molar-refractivity contribution is 6.29. The lowest BCUT2D eigenvalue weighted by Crippen LogP contribution is -2.14. The summed E-state index contributed by atoms with van der Waals surface area (Å²) in [5.41, 5.74) is 3.15. The van der Waals surface area contributed by atoms with Gasteiger partial charge in [0.15, 0.2) is 0 Å². The van der Waals surface area contributed by atoms with Gasteiger partial charge in [-0.25, -0.2) is 0 Å². The Bertz CT molecular complexity index is 915. The molecule has 0 spiro atoms. The number of anilines is 1. The third-order valence-electron chi connectivity index (χ3n) is 3.90. The van der Waals surface area contributed by atoms with Crippen LogP contribution in [0.4, 0.5) is 5.69 Å². The zero-order valence-corrected chi connectivity index (χ0v) is 15.6. The predicted octanol–water partition coefficient (Wildman–Crippen LogP) is 5.65. The van der Waals surface area contributed by atoms with E-state index in [-0.39, 0.29) is 12.0 Å². The van der Waals surface area contributed by atoms with E-state index in [2.05, 4.69) is 5.32 Å². The second kappa shape index (κ2) is 8.86. The third-order valence-corrected chi connectivity index (χ3v) is 3.90. The molecule has 1 N–H and O–H groups in total. The lowest BCUT2D eigenvalue weighted by molar-refractivity contribution is -0.111. The first-order valence-electron chi connectivity index (χ1n) is 9.02. The van der Waals surface area contributed by atoms with Crippen molar-refractivity contribution < 1.29 is 9.53 Å². The molecule has 0 fully saturated rings. The van der Waals surface area contributed by atoms with Crippen LogP contribution in [-0.4, -0.2) is 12.0 Å². The van der Waals surface area contributed by atoms with Gasteiger partial charge in [-0.2, -0.15) is 0 Å². The van der Waals surface area contributed by atoms with E-state index in [1.165, 1.54) is 0 Å². The molecule has 0 heterocycles. The summed E-state index contributed by atoms with van der Waals surface area (Å²) >= 11 is 0. The van der Waals surface area contributed by atoms with Crippen molar-refractivity contribution in [3.8, 4) is 5.75 Å². The summed E-state index contributed by atoms with van der Waals surface area (Å²) in [7, 11) is 0. The summed E-state index contributed by atoms with van der Waals surface area (Å²) in [5.74, 6) is 0.572. The number of nitrogens with one attached hydrogen (secondary N) is 1. The van der Waals surface area contributed by atoms with Crippen LogP contribution in [-0.2, 0) is 4.79 Å². The Balaban J connectivity index is 1.89. The maximum atomic E-state index is 13.0. The van der Waals surface area contributed by atoms with Gasteiger partial charge in [0.1, 0.15) is 5.75 Å². The van der Waals surface area contributed by atoms with Gasteiger partial charge in [-0.05, 0) is 43.2 Å².